The van der Waals surface area contributed by atoms with Gasteiger partial charge in [-0.3, -0.25) is 9.89 Å². The highest BCUT2D eigenvalue weighted by atomic mass is 16.3. The number of hydrogen-bond donors (Lipinski definition) is 2. The van der Waals surface area contributed by atoms with Crippen LogP contribution in [-0.4, -0.2) is 29.5 Å². The Labute approximate surface area is 159 Å². The third-order valence-electron chi connectivity index (χ3n) is 6.10. The Morgan fingerprint density at radius 1 is 1.15 bits per heavy atom. The van der Waals surface area contributed by atoms with Crippen molar-refractivity contribution in [2.75, 3.05) is 11.9 Å². The highest BCUT2D eigenvalue weighted by molar-refractivity contribution is 5.69. The van der Waals surface area contributed by atoms with Crippen LogP contribution in [0, 0.1) is 12.8 Å². The average Bonchev–Trinajstić information content (AvgIpc) is 3.03. The first-order chi connectivity index (χ1) is 12.2. The van der Waals surface area contributed by atoms with Crippen LogP contribution in [0.5, 0.6) is 0 Å². The van der Waals surface area contributed by atoms with Gasteiger partial charge in [-0.1, -0.05) is 45.5 Å². The lowest BCUT2D eigenvalue weighted by Gasteiger charge is -2.60. The van der Waals surface area contributed by atoms with Gasteiger partial charge in [-0.05, 0) is 30.4 Å². The van der Waals surface area contributed by atoms with Gasteiger partial charge in [0.2, 0.25) is 0 Å². The number of para-hydroxylation sites is 1. The number of nitrogens with zero attached hydrogens (tertiary/aromatic N) is 1. The molecule has 0 amide bonds. The zero-order chi connectivity index (χ0) is 18.8. The number of likely N-dealkylation sites (N-methyl/N-ethyl adjacent to an activating group) is 1. The highest BCUT2D eigenvalue weighted by Crippen LogP contribution is 2.49. The minimum Gasteiger partial charge on any atom is -0.851 e. The number of hydrogen-bond acceptors (Lipinski definition) is 4. The zero-order valence-electron chi connectivity index (χ0n) is 15.4. The highest BCUT2D eigenvalue weighted by Gasteiger charge is 2.43. The topological polar surface area (TPSA) is 98.0 Å². The molecule has 0 spiro atoms. The maximum atomic E-state index is 12.8. The van der Waals surface area contributed by atoms with E-state index in [0.29, 0.717) is 11.3 Å². The number of H-pyrrole nitrogens is 2. The smallest absolute Gasteiger partial charge is 0.267 e. The number of aromatic amines is 2. The Morgan fingerprint density at radius 2 is 1.78 bits per heavy atom. The molecule has 27 heavy (non-hydrogen) atoms. The van der Waals surface area contributed by atoms with Crippen LogP contribution in [0.15, 0.2) is 40.8 Å². The molecule has 2 unspecified atom stereocenters. The molecule has 6 heteroatoms. The largest absolute Gasteiger partial charge is 0.851 e. The van der Waals surface area contributed by atoms with Crippen LogP contribution in [0.3, 0.4) is 0 Å². The second kappa shape index (κ2) is 6.39. The summed E-state index contributed by atoms with van der Waals surface area (Å²) < 4.78 is 0. The van der Waals surface area contributed by atoms with E-state index in [0.717, 1.165) is 11.4 Å². The third kappa shape index (κ3) is 2.58. The van der Waals surface area contributed by atoms with Gasteiger partial charge in [-0.2, -0.15) is 0 Å². The van der Waals surface area contributed by atoms with E-state index in [-0.39, 0.29) is 18.4 Å². The molecule has 146 valence electrons. The van der Waals surface area contributed by atoms with E-state index in [1.165, 1.54) is 5.56 Å². The van der Waals surface area contributed by atoms with Crippen molar-refractivity contribution in [3.63, 3.8) is 0 Å². The van der Waals surface area contributed by atoms with Crippen molar-refractivity contribution in [1.82, 2.24) is 10.2 Å². The Balaban J connectivity index is 0.00000210. The van der Waals surface area contributed by atoms with Crippen LogP contribution in [0.25, 0.3) is 0 Å². The molecule has 2 atom stereocenters. The van der Waals surface area contributed by atoms with Gasteiger partial charge in [0.1, 0.15) is 0 Å². The number of rotatable bonds is 2. The second-order valence-electron chi connectivity index (χ2n) is 7.90. The van der Waals surface area contributed by atoms with Crippen LogP contribution in [-0.2, 0) is 5.41 Å². The third-order valence-corrected chi connectivity index (χ3v) is 6.10. The first kappa shape index (κ1) is 19.5. The number of nitrogens with one attached hydrogen (secondary N) is 2. The zero-order valence-corrected chi connectivity index (χ0v) is 15.4. The molecular formula is C21H27N3O3-2. The van der Waals surface area contributed by atoms with E-state index in [4.69, 9.17) is 0 Å². The van der Waals surface area contributed by atoms with Crippen LogP contribution in [0.2, 0.25) is 0 Å². The SMILES string of the molecule is C.Cc1[nH][nH]c(=O)c1C1C([O-])C(C=C2N(C)c3ccccc3C2(C)C)C1[O-]. The number of fused-ring (bicyclic) bond motifs is 1. The normalized spacial score (nSPS) is 30.0. The van der Waals surface area contributed by atoms with Gasteiger partial charge in [-0.25, -0.2) is 0 Å². The maximum absolute atomic E-state index is 12.8. The molecule has 2 N–H and O–H groups in total. The summed E-state index contributed by atoms with van der Waals surface area (Å²) in [6, 6.07) is 8.13. The molecule has 1 aliphatic carbocycles. The van der Waals surface area contributed by atoms with E-state index in [2.05, 4.69) is 35.0 Å². The summed E-state index contributed by atoms with van der Waals surface area (Å²) in [5.41, 5.74) is 3.54. The van der Waals surface area contributed by atoms with E-state index < -0.39 is 24.0 Å². The first-order valence-corrected chi connectivity index (χ1v) is 8.89. The fourth-order valence-corrected chi connectivity index (χ4v) is 4.57. The van der Waals surface area contributed by atoms with Gasteiger partial charge >= 0.3 is 0 Å². The van der Waals surface area contributed by atoms with Crippen LogP contribution >= 0.6 is 0 Å². The van der Waals surface area contributed by atoms with Crippen LogP contribution in [0.1, 0.15) is 44.0 Å². The molecule has 1 aromatic heterocycles. The molecule has 1 fully saturated rings. The minimum atomic E-state index is -1.10. The molecule has 2 aliphatic rings. The van der Waals surface area contributed by atoms with Crippen molar-refractivity contribution < 1.29 is 10.2 Å². The number of benzene rings is 1. The lowest BCUT2D eigenvalue weighted by atomic mass is 9.65. The maximum Gasteiger partial charge on any atom is 0.267 e. The molecular weight excluding hydrogens is 342 g/mol. The van der Waals surface area contributed by atoms with Gasteiger partial charge < -0.3 is 20.2 Å². The van der Waals surface area contributed by atoms with Gasteiger partial charge in [0, 0.05) is 35.1 Å². The van der Waals surface area contributed by atoms with Gasteiger partial charge in [0.25, 0.3) is 5.56 Å². The van der Waals surface area contributed by atoms with Crippen molar-refractivity contribution >= 4 is 5.69 Å². The van der Waals surface area contributed by atoms with Crippen molar-refractivity contribution in [3.05, 3.63) is 63.2 Å². The molecule has 0 bridgehead atoms. The summed E-state index contributed by atoms with van der Waals surface area (Å²) in [4.78, 5) is 14.0. The Morgan fingerprint density at radius 3 is 2.33 bits per heavy atom. The summed E-state index contributed by atoms with van der Waals surface area (Å²) >= 11 is 0. The standard InChI is InChI=1S/C20H23N3O3.CH4/c1-10-15(19(26)22-21-10)16-17(24)11(18(16)25)9-14-20(2,3)12-7-5-6-8-13(12)23(14)4;/h5-9,11,16-18H,1-4H3,(H2,21,22,26);1H4/q-2;. The monoisotopic (exact) mass is 369 g/mol. The number of allylic oxidation sites excluding steroid dienone is 1. The van der Waals surface area contributed by atoms with Gasteiger partial charge in [0.05, 0.1) is 0 Å². The summed E-state index contributed by atoms with van der Waals surface area (Å²) in [6.45, 7) is 5.93. The summed E-state index contributed by atoms with van der Waals surface area (Å²) in [5.74, 6) is -1.41. The van der Waals surface area contributed by atoms with Crippen molar-refractivity contribution in [2.45, 2.75) is 51.7 Å². The van der Waals surface area contributed by atoms with Crippen LogP contribution < -0.4 is 20.7 Å². The van der Waals surface area contributed by atoms with E-state index in [1.54, 1.807) is 6.92 Å². The quantitative estimate of drug-likeness (QED) is 0.829. The second-order valence-corrected chi connectivity index (χ2v) is 7.90. The van der Waals surface area contributed by atoms with E-state index in [9.17, 15) is 15.0 Å². The van der Waals surface area contributed by atoms with Crippen molar-refractivity contribution in [1.29, 1.82) is 0 Å². The summed E-state index contributed by atoms with van der Waals surface area (Å²) in [5, 5.41) is 30.8. The fourth-order valence-electron chi connectivity index (χ4n) is 4.57. The molecule has 2 aromatic rings. The first-order valence-electron chi connectivity index (χ1n) is 8.89. The van der Waals surface area contributed by atoms with Gasteiger partial charge in [-0.15, -0.1) is 12.2 Å². The van der Waals surface area contributed by atoms with Crippen LogP contribution in [0.4, 0.5) is 5.69 Å². The Bertz CT molecular complexity index is 930. The lowest BCUT2D eigenvalue weighted by Crippen LogP contribution is -2.65. The number of aryl methyl sites for hydroxylation is 1. The predicted octanol–water partition coefficient (Wildman–Crippen LogP) is 1.13. The molecule has 0 saturated heterocycles. The lowest BCUT2D eigenvalue weighted by molar-refractivity contribution is -0.543. The molecule has 6 nitrogen and oxygen atoms in total. The Kier molecular flexibility index (Phi) is 4.60. The Hall–Kier alpha value is -2.31. The number of anilines is 1. The van der Waals surface area contributed by atoms with E-state index in [1.807, 2.05) is 31.3 Å². The summed E-state index contributed by atoms with van der Waals surface area (Å²) in [6.07, 6.45) is -0.357. The average molecular weight is 369 g/mol. The molecule has 0 radical (unpaired) electrons. The molecule has 2 heterocycles. The minimum absolute atomic E-state index is 0. The molecule has 4 rings (SSSR count). The predicted molar refractivity (Wildman–Crippen MR) is 103 cm³/mol. The molecule has 1 saturated carbocycles. The fraction of sp³-hybridized carbons (Fsp3) is 0.476. The summed E-state index contributed by atoms with van der Waals surface area (Å²) in [7, 11) is 1.97. The molecule has 1 aliphatic heterocycles. The van der Waals surface area contributed by atoms with Crippen molar-refractivity contribution in [2.24, 2.45) is 5.92 Å². The molecule has 1 aromatic carbocycles. The van der Waals surface area contributed by atoms with Crippen molar-refractivity contribution in [3.8, 4) is 0 Å². The number of aromatic nitrogens is 2. The van der Waals surface area contributed by atoms with Gasteiger partial charge in [0.15, 0.2) is 0 Å². The van der Waals surface area contributed by atoms with E-state index >= 15 is 0 Å².